The molecule has 7 nitrogen and oxygen atoms in total. The van der Waals surface area contributed by atoms with Gasteiger partial charge >= 0.3 is 0 Å². The predicted molar refractivity (Wildman–Crippen MR) is 130 cm³/mol. The number of ether oxygens (including phenoxy) is 2. The van der Waals surface area contributed by atoms with Crippen molar-refractivity contribution in [1.29, 1.82) is 0 Å². The zero-order valence-corrected chi connectivity index (χ0v) is 19.9. The smallest absolute Gasteiger partial charge is 0.196 e. The van der Waals surface area contributed by atoms with Crippen LogP contribution in [0.15, 0.2) is 70.4 Å². The first-order valence-electron chi connectivity index (χ1n) is 10.2. The van der Waals surface area contributed by atoms with Crippen molar-refractivity contribution in [3.8, 4) is 28.7 Å². The molecule has 33 heavy (non-hydrogen) atoms. The Morgan fingerprint density at radius 3 is 2.70 bits per heavy atom. The van der Waals surface area contributed by atoms with Gasteiger partial charge in [0.1, 0.15) is 11.5 Å². The number of nitrogens with zero attached hydrogens (tertiary/aromatic N) is 4. The van der Waals surface area contributed by atoms with Crippen LogP contribution in [-0.2, 0) is 12.8 Å². The van der Waals surface area contributed by atoms with Gasteiger partial charge in [-0.15, -0.1) is 10.2 Å². The number of aryl methyl sites for hydroxylation is 1. The van der Waals surface area contributed by atoms with Crippen LogP contribution in [-0.4, -0.2) is 33.6 Å². The molecule has 0 atom stereocenters. The first kappa shape index (κ1) is 21.5. The maximum atomic E-state index is 6.38. The van der Waals surface area contributed by atoms with E-state index in [1.54, 1.807) is 38.3 Å². The van der Waals surface area contributed by atoms with Crippen LogP contribution in [0.1, 0.15) is 5.56 Å². The highest BCUT2D eigenvalue weighted by atomic mass is 35.5. The van der Waals surface area contributed by atoms with Gasteiger partial charge in [-0.25, -0.2) is 0 Å². The molecular weight excluding hydrogens is 460 g/mol. The predicted octanol–water partition coefficient (Wildman–Crippen LogP) is 5.98. The summed E-state index contributed by atoms with van der Waals surface area (Å²) in [5.74, 6) is 2.84. The second-order valence-corrected chi connectivity index (χ2v) is 8.74. The number of fused-ring (bicyclic) bond motifs is 1. The molecule has 0 N–H and O–H groups in total. The molecule has 9 heteroatoms. The van der Waals surface area contributed by atoms with E-state index in [9.17, 15) is 0 Å². The molecule has 0 amide bonds. The van der Waals surface area contributed by atoms with Crippen molar-refractivity contribution in [3.63, 3.8) is 0 Å². The highest BCUT2D eigenvalue weighted by Gasteiger charge is 2.23. The SMILES string of the molecule is COc1cccc(CSc2nnc(-c3cc4occc4n3C)n2-c2cc(Cl)ccc2OC)c1. The summed E-state index contributed by atoms with van der Waals surface area (Å²) in [6.45, 7) is 0. The molecule has 5 rings (SSSR count). The van der Waals surface area contributed by atoms with E-state index in [0.29, 0.717) is 27.5 Å². The van der Waals surface area contributed by atoms with Crippen molar-refractivity contribution in [2.45, 2.75) is 10.9 Å². The third kappa shape index (κ3) is 3.96. The molecular formula is C24H21ClN4O3S. The number of halogens is 1. The van der Waals surface area contributed by atoms with Gasteiger partial charge in [0.15, 0.2) is 16.6 Å². The van der Waals surface area contributed by atoms with Gasteiger partial charge in [0.2, 0.25) is 0 Å². The van der Waals surface area contributed by atoms with Gasteiger partial charge in [0.05, 0.1) is 37.4 Å². The Morgan fingerprint density at radius 1 is 1.03 bits per heavy atom. The van der Waals surface area contributed by atoms with Crippen LogP contribution < -0.4 is 9.47 Å². The zero-order chi connectivity index (χ0) is 22.9. The zero-order valence-electron chi connectivity index (χ0n) is 18.3. The normalized spacial score (nSPS) is 11.3. The lowest BCUT2D eigenvalue weighted by Crippen LogP contribution is -2.04. The summed E-state index contributed by atoms with van der Waals surface area (Å²) in [7, 11) is 5.27. The number of aromatic nitrogens is 4. The molecule has 0 aliphatic rings. The Hall–Kier alpha value is -3.36. The molecule has 0 radical (unpaired) electrons. The van der Waals surface area contributed by atoms with E-state index in [-0.39, 0.29) is 0 Å². The molecule has 0 saturated heterocycles. The third-order valence-electron chi connectivity index (χ3n) is 5.41. The van der Waals surface area contributed by atoms with Crippen molar-refractivity contribution in [3.05, 3.63) is 71.4 Å². The maximum Gasteiger partial charge on any atom is 0.196 e. The van der Waals surface area contributed by atoms with Crippen LogP contribution in [0.5, 0.6) is 11.5 Å². The largest absolute Gasteiger partial charge is 0.497 e. The number of hydrogen-bond acceptors (Lipinski definition) is 6. The Morgan fingerprint density at radius 2 is 1.91 bits per heavy atom. The van der Waals surface area contributed by atoms with Crippen molar-refractivity contribution in [2.24, 2.45) is 7.05 Å². The fourth-order valence-corrected chi connectivity index (χ4v) is 4.81. The van der Waals surface area contributed by atoms with Crippen LogP contribution in [0.3, 0.4) is 0 Å². The maximum absolute atomic E-state index is 6.38. The van der Waals surface area contributed by atoms with Crippen LogP contribution in [0.4, 0.5) is 0 Å². The highest BCUT2D eigenvalue weighted by Crippen LogP contribution is 2.36. The molecule has 2 aromatic carbocycles. The summed E-state index contributed by atoms with van der Waals surface area (Å²) in [5.41, 5.74) is 4.50. The number of furan rings is 1. The van der Waals surface area contributed by atoms with E-state index < -0.39 is 0 Å². The number of rotatable bonds is 7. The molecule has 168 valence electrons. The van der Waals surface area contributed by atoms with Gasteiger partial charge in [-0.2, -0.15) is 0 Å². The Bertz CT molecular complexity index is 1440. The van der Waals surface area contributed by atoms with Crippen molar-refractivity contribution in [1.82, 2.24) is 19.3 Å². The minimum absolute atomic E-state index is 0.592. The lowest BCUT2D eigenvalue weighted by molar-refractivity contribution is 0.412. The van der Waals surface area contributed by atoms with E-state index in [4.69, 9.17) is 25.5 Å². The molecule has 0 aliphatic heterocycles. The van der Waals surface area contributed by atoms with Gasteiger partial charge in [-0.1, -0.05) is 35.5 Å². The van der Waals surface area contributed by atoms with Gasteiger partial charge in [0.25, 0.3) is 0 Å². The lowest BCUT2D eigenvalue weighted by Gasteiger charge is -2.15. The summed E-state index contributed by atoms with van der Waals surface area (Å²) in [4.78, 5) is 0. The second-order valence-electron chi connectivity index (χ2n) is 7.36. The van der Waals surface area contributed by atoms with Gasteiger partial charge < -0.3 is 18.5 Å². The molecule has 3 aromatic heterocycles. The number of methoxy groups -OCH3 is 2. The fourth-order valence-electron chi connectivity index (χ4n) is 3.76. The summed E-state index contributed by atoms with van der Waals surface area (Å²) in [5, 5.41) is 10.4. The standard InChI is InChI=1S/C24H21ClN4O3S/c1-28-18-9-10-32-22(18)13-20(28)23-26-27-24(33-14-15-5-4-6-17(11-15)30-2)29(23)19-12-16(25)7-8-21(19)31-3/h4-13H,14H2,1-3H3. The number of hydrogen-bond donors (Lipinski definition) is 0. The minimum atomic E-state index is 0.592. The second kappa shape index (κ2) is 8.88. The Labute approximate surface area is 199 Å². The molecule has 0 unspecified atom stereocenters. The molecule has 0 fully saturated rings. The molecule has 0 spiro atoms. The van der Waals surface area contributed by atoms with E-state index >= 15 is 0 Å². The lowest BCUT2D eigenvalue weighted by atomic mass is 10.2. The number of thioether (sulfide) groups is 1. The molecule has 0 bridgehead atoms. The minimum Gasteiger partial charge on any atom is -0.497 e. The summed E-state index contributed by atoms with van der Waals surface area (Å²) >= 11 is 7.95. The monoisotopic (exact) mass is 480 g/mol. The van der Waals surface area contributed by atoms with Crippen molar-refractivity contribution in [2.75, 3.05) is 14.2 Å². The van der Waals surface area contributed by atoms with Crippen LogP contribution in [0.25, 0.3) is 28.3 Å². The van der Waals surface area contributed by atoms with Crippen LogP contribution in [0, 0.1) is 0 Å². The van der Waals surface area contributed by atoms with Crippen LogP contribution >= 0.6 is 23.4 Å². The first-order chi connectivity index (χ1) is 16.1. The molecule has 0 aliphatic carbocycles. The molecule has 3 heterocycles. The summed E-state index contributed by atoms with van der Waals surface area (Å²) in [6.07, 6.45) is 1.68. The van der Waals surface area contributed by atoms with Crippen LogP contribution in [0.2, 0.25) is 5.02 Å². The van der Waals surface area contributed by atoms with Gasteiger partial charge in [0, 0.05) is 30.0 Å². The third-order valence-corrected chi connectivity index (χ3v) is 6.65. The van der Waals surface area contributed by atoms with E-state index in [0.717, 1.165) is 33.8 Å². The molecule has 0 saturated carbocycles. The summed E-state index contributed by atoms with van der Waals surface area (Å²) in [6, 6.07) is 17.4. The fraction of sp³-hybridized carbons (Fsp3) is 0.167. The van der Waals surface area contributed by atoms with Gasteiger partial charge in [-0.3, -0.25) is 4.57 Å². The highest BCUT2D eigenvalue weighted by molar-refractivity contribution is 7.98. The molecule has 5 aromatic rings. The van der Waals surface area contributed by atoms with E-state index in [2.05, 4.69) is 16.3 Å². The Kier molecular flexibility index (Phi) is 5.78. The summed E-state index contributed by atoms with van der Waals surface area (Å²) < 4.78 is 20.6. The van der Waals surface area contributed by atoms with Crippen molar-refractivity contribution < 1.29 is 13.9 Å². The van der Waals surface area contributed by atoms with Gasteiger partial charge in [-0.05, 0) is 35.9 Å². The topological polar surface area (TPSA) is 67.2 Å². The average molecular weight is 481 g/mol. The number of benzene rings is 2. The quantitative estimate of drug-likeness (QED) is 0.267. The average Bonchev–Trinajstić information content (AvgIpc) is 3.54. The first-order valence-corrected chi connectivity index (χ1v) is 11.5. The van der Waals surface area contributed by atoms with E-state index in [1.165, 1.54) is 0 Å². The van der Waals surface area contributed by atoms with Crippen molar-refractivity contribution >= 4 is 34.5 Å². The van der Waals surface area contributed by atoms with E-state index in [1.807, 2.05) is 58.6 Å². The Balaban J connectivity index is 1.63.